The van der Waals surface area contributed by atoms with E-state index in [0.29, 0.717) is 10.6 Å². The number of halogens is 1. The van der Waals surface area contributed by atoms with Crippen LogP contribution in [0, 0.1) is 13.8 Å². The lowest BCUT2D eigenvalue weighted by atomic mass is 10.1. The van der Waals surface area contributed by atoms with Gasteiger partial charge in [0.25, 0.3) is 0 Å². The summed E-state index contributed by atoms with van der Waals surface area (Å²) in [4.78, 5) is 12.8. The molecule has 0 aliphatic heterocycles. The summed E-state index contributed by atoms with van der Waals surface area (Å²) in [6, 6.07) is 11.7. The zero-order valence-corrected chi connectivity index (χ0v) is 11.8. The second kappa shape index (κ2) is 5.59. The fourth-order valence-electron chi connectivity index (χ4n) is 1.58. The van der Waals surface area contributed by atoms with Crippen LogP contribution in [-0.4, -0.2) is 6.29 Å². The van der Waals surface area contributed by atoms with Crippen molar-refractivity contribution in [2.45, 2.75) is 23.6 Å². The molecule has 2 aromatic carbocycles. The van der Waals surface area contributed by atoms with Gasteiger partial charge in [-0.1, -0.05) is 35.5 Å². The van der Waals surface area contributed by atoms with Crippen molar-refractivity contribution in [1.29, 1.82) is 0 Å². The Morgan fingerprint density at radius 3 is 2.44 bits per heavy atom. The van der Waals surface area contributed by atoms with Crippen molar-refractivity contribution < 1.29 is 4.79 Å². The van der Waals surface area contributed by atoms with E-state index in [1.165, 1.54) is 11.1 Å². The Kier molecular flexibility index (Phi) is 4.10. The molecule has 0 bridgehead atoms. The van der Waals surface area contributed by atoms with Crippen LogP contribution in [0.15, 0.2) is 46.2 Å². The molecule has 0 saturated carbocycles. The first kappa shape index (κ1) is 13.2. The third-order valence-corrected chi connectivity index (χ3v) is 4.29. The summed E-state index contributed by atoms with van der Waals surface area (Å²) >= 11 is 7.76. The monoisotopic (exact) mass is 276 g/mol. The molecule has 0 spiro atoms. The van der Waals surface area contributed by atoms with E-state index in [2.05, 4.69) is 32.0 Å². The minimum Gasteiger partial charge on any atom is -0.298 e. The number of aryl methyl sites for hydroxylation is 2. The van der Waals surface area contributed by atoms with Gasteiger partial charge in [0.15, 0.2) is 0 Å². The predicted octanol–water partition coefficient (Wildman–Crippen LogP) is 4.92. The highest BCUT2D eigenvalue weighted by Gasteiger charge is 2.05. The first-order chi connectivity index (χ1) is 8.60. The summed E-state index contributed by atoms with van der Waals surface area (Å²) in [5, 5.41) is 0.614. The quantitative estimate of drug-likeness (QED) is 0.740. The molecule has 0 aliphatic carbocycles. The van der Waals surface area contributed by atoms with E-state index in [-0.39, 0.29) is 0 Å². The van der Waals surface area contributed by atoms with Crippen molar-refractivity contribution in [3.63, 3.8) is 0 Å². The molecule has 18 heavy (non-hydrogen) atoms. The minimum atomic E-state index is 0.601. The zero-order valence-electron chi connectivity index (χ0n) is 10.2. The largest absolute Gasteiger partial charge is 0.298 e. The Morgan fingerprint density at radius 1 is 1.06 bits per heavy atom. The van der Waals surface area contributed by atoms with E-state index in [1.54, 1.807) is 23.9 Å². The molecule has 0 aliphatic rings. The van der Waals surface area contributed by atoms with Crippen LogP contribution in [0.25, 0.3) is 0 Å². The SMILES string of the molecule is Cc1ccc(Sc2ccc(C=O)cc2Cl)cc1C. The maximum atomic E-state index is 10.6. The van der Waals surface area contributed by atoms with Gasteiger partial charge in [-0.05, 0) is 49.2 Å². The van der Waals surface area contributed by atoms with Crippen LogP contribution >= 0.6 is 23.4 Å². The van der Waals surface area contributed by atoms with Crippen molar-refractivity contribution in [2.75, 3.05) is 0 Å². The van der Waals surface area contributed by atoms with E-state index < -0.39 is 0 Å². The third-order valence-electron chi connectivity index (χ3n) is 2.80. The summed E-state index contributed by atoms with van der Waals surface area (Å²) in [5.41, 5.74) is 3.15. The summed E-state index contributed by atoms with van der Waals surface area (Å²) in [7, 11) is 0. The van der Waals surface area contributed by atoms with Crippen LogP contribution < -0.4 is 0 Å². The van der Waals surface area contributed by atoms with E-state index in [4.69, 9.17) is 11.6 Å². The number of carbonyl (C=O) groups excluding carboxylic acids is 1. The highest BCUT2D eigenvalue weighted by molar-refractivity contribution is 7.99. The van der Waals surface area contributed by atoms with Crippen molar-refractivity contribution in [1.82, 2.24) is 0 Å². The van der Waals surface area contributed by atoms with Gasteiger partial charge in [0.1, 0.15) is 6.29 Å². The second-order valence-electron chi connectivity index (χ2n) is 4.16. The van der Waals surface area contributed by atoms with Crippen LogP contribution in [0.4, 0.5) is 0 Å². The number of hydrogen-bond acceptors (Lipinski definition) is 2. The van der Waals surface area contributed by atoms with Crippen LogP contribution in [0.1, 0.15) is 21.5 Å². The first-order valence-electron chi connectivity index (χ1n) is 5.60. The van der Waals surface area contributed by atoms with E-state index in [0.717, 1.165) is 16.1 Å². The fraction of sp³-hybridized carbons (Fsp3) is 0.133. The molecule has 0 heterocycles. The average molecular weight is 277 g/mol. The van der Waals surface area contributed by atoms with Gasteiger partial charge in [0.2, 0.25) is 0 Å². The van der Waals surface area contributed by atoms with Crippen molar-refractivity contribution in [3.05, 3.63) is 58.1 Å². The maximum absolute atomic E-state index is 10.6. The van der Waals surface area contributed by atoms with Gasteiger partial charge in [0.05, 0.1) is 5.02 Å². The molecule has 0 saturated heterocycles. The summed E-state index contributed by atoms with van der Waals surface area (Å²) < 4.78 is 0. The van der Waals surface area contributed by atoms with Gasteiger partial charge in [-0.2, -0.15) is 0 Å². The Balaban J connectivity index is 2.28. The smallest absolute Gasteiger partial charge is 0.150 e. The van der Waals surface area contributed by atoms with Crippen molar-refractivity contribution in [2.24, 2.45) is 0 Å². The molecular weight excluding hydrogens is 264 g/mol. The summed E-state index contributed by atoms with van der Waals surface area (Å²) in [6.45, 7) is 4.19. The predicted molar refractivity (Wildman–Crippen MR) is 76.9 cm³/mol. The highest BCUT2D eigenvalue weighted by Crippen LogP contribution is 2.34. The van der Waals surface area contributed by atoms with E-state index >= 15 is 0 Å². The summed E-state index contributed by atoms with van der Waals surface area (Å²) in [5.74, 6) is 0. The fourth-order valence-corrected chi connectivity index (χ4v) is 2.80. The van der Waals surface area contributed by atoms with Gasteiger partial charge < -0.3 is 0 Å². The van der Waals surface area contributed by atoms with Crippen molar-refractivity contribution >= 4 is 29.6 Å². The van der Waals surface area contributed by atoms with Gasteiger partial charge in [-0.15, -0.1) is 0 Å². The van der Waals surface area contributed by atoms with Gasteiger partial charge in [-0.25, -0.2) is 0 Å². The Hall–Kier alpha value is -1.25. The van der Waals surface area contributed by atoms with Crippen molar-refractivity contribution in [3.8, 4) is 0 Å². The second-order valence-corrected chi connectivity index (χ2v) is 5.68. The van der Waals surface area contributed by atoms with Crippen LogP contribution in [0.2, 0.25) is 5.02 Å². The topological polar surface area (TPSA) is 17.1 Å². The molecule has 92 valence electrons. The molecule has 0 amide bonds. The number of aldehydes is 1. The third kappa shape index (κ3) is 2.95. The maximum Gasteiger partial charge on any atom is 0.150 e. The lowest BCUT2D eigenvalue weighted by Gasteiger charge is -2.07. The lowest BCUT2D eigenvalue weighted by Crippen LogP contribution is -1.84. The molecule has 2 rings (SSSR count). The molecule has 0 unspecified atom stereocenters. The van der Waals surface area contributed by atoms with Crippen LogP contribution in [-0.2, 0) is 0 Å². The molecule has 0 atom stereocenters. The molecule has 2 aromatic rings. The van der Waals surface area contributed by atoms with E-state index in [1.807, 2.05) is 6.07 Å². The minimum absolute atomic E-state index is 0.601. The number of benzene rings is 2. The van der Waals surface area contributed by atoms with Crippen LogP contribution in [0.5, 0.6) is 0 Å². The first-order valence-corrected chi connectivity index (χ1v) is 6.79. The number of carbonyl (C=O) groups is 1. The average Bonchev–Trinajstić information content (AvgIpc) is 2.36. The standard InChI is InChI=1S/C15H13ClOS/c1-10-3-5-13(7-11(10)2)18-15-6-4-12(9-17)8-14(15)16/h3-9H,1-2H3. The molecule has 0 fully saturated rings. The molecule has 3 heteroatoms. The zero-order chi connectivity index (χ0) is 13.1. The Bertz CT molecular complexity index is 593. The lowest BCUT2D eigenvalue weighted by molar-refractivity contribution is 0.112. The number of hydrogen-bond donors (Lipinski definition) is 0. The number of rotatable bonds is 3. The molecule has 0 N–H and O–H groups in total. The van der Waals surface area contributed by atoms with Gasteiger partial charge in [-0.3, -0.25) is 4.79 Å². The normalized spacial score (nSPS) is 10.4. The van der Waals surface area contributed by atoms with E-state index in [9.17, 15) is 4.79 Å². The van der Waals surface area contributed by atoms with Crippen LogP contribution in [0.3, 0.4) is 0 Å². The molecule has 0 aromatic heterocycles. The highest BCUT2D eigenvalue weighted by atomic mass is 35.5. The Morgan fingerprint density at radius 2 is 1.83 bits per heavy atom. The molecular formula is C15H13ClOS. The Labute approximate surface area is 116 Å². The summed E-state index contributed by atoms with van der Waals surface area (Å²) in [6.07, 6.45) is 0.802. The van der Waals surface area contributed by atoms with Gasteiger partial charge in [0, 0.05) is 15.4 Å². The van der Waals surface area contributed by atoms with Gasteiger partial charge >= 0.3 is 0 Å². The molecule has 1 nitrogen and oxygen atoms in total. The molecule has 0 radical (unpaired) electrons.